The van der Waals surface area contributed by atoms with Gasteiger partial charge in [-0.2, -0.15) is 0 Å². The monoisotopic (exact) mass is 176 g/mol. The molecule has 0 bridgehead atoms. The minimum atomic E-state index is 0.205. The van der Waals surface area contributed by atoms with Crippen LogP contribution in [-0.2, 0) is 6.42 Å². The Bertz CT molecular complexity index is 241. The van der Waals surface area contributed by atoms with E-state index in [0.29, 0.717) is 0 Å². The highest BCUT2D eigenvalue weighted by molar-refractivity contribution is 5.14. The van der Waals surface area contributed by atoms with Crippen molar-refractivity contribution in [3.8, 4) is 0 Å². The number of hydrogen-bond acceptors (Lipinski definition) is 1. The molecule has 0 spiro atoms. The van der Waals surface area contributed by atoms with E-state index in [1.54, 1.807) is 0 Å². The minimum Gasteiger partial charge on any atom is -0.396 e. The highest BCUT2D eigenvalue weighted by Gasteiger charge is 2.01. The van der Waals surface area contributed by atoms with Crippen molar-refractivity contribution in [2.45, 2.75) is 12.8 Å². The zero-order valence-electron chi connectivity index (χ0n) is 7.82. The van der Waals surface area contributed by atoms with Gasteiger partial charge in [-0.25, -0.2) is 0 Å². The fourth-order valence-electron chi connectivity index (χ4n) is 1.28. The standard InChI is InChI=1S/C12H16O/c1-2-11(10-13)8-9-12-6-4-3-5-7-12/h2-7,11,13H,1,8-10H2/t11-/m0/s1. The molecule has 0 heterocycles. The van der Waals surface area contributed by atoms with Crippen LogP contribution in [0.1, 0.15) is 12.0 Å². The Labute approximate surface area is 79.7 Å². The molecule has 13 heavy (non-hydrogen) atoms. The molecule has 1 heteroatoms. The van der Waals surface area contributed by atoms with E-state index in [-0.39, 0.29) is 12.5 Å². The molecule has 1 aromatic carbocycles. The van der Waals surface area contributed by atoms with Crippen LogP contribution in [-0.4, -0.2) is 11.7 Å². The minimum absolute atomic E-state index is 0.205. The van der Waals surface area contributed by atoms with Crippen molar-refractivity contribution in [1.82, 2.24) is 0 Å². The topological polar surface area (TPSA) is 20.2 Å². The van der Waals surface area contributed by atoms with E-state index in [1.807, 2.05) is 24.3 Å². The van der Waals surface area contributed by atoms with Crippen LogP contribution in [0, 0.1) is 5.92 Å². The first kappa shape index (κ1) is 10.0. The lowest BCUT2D eigenvalue weighted by Crippen LogP contribution is -2.03. The van der Waals surface area contributed by atoms with Gasteiger partial charge in [0, 0.05) is 6.61 Å². The first-order valence-electron chi connectivity index (χ1n) is 4.64. The molecule has 0 unspecified atom stereocenters. The summed E-state index contributed by atoms with van der Waals surface area (Å²) in [7, 11) is 0. The number of rotatable bonds is 5. The molecule has 0 aromatic heterocycles. The van der Waals surface area contributed by atoms with Crippen LogP contribution in [0.3, 0.4) is 0 Å². The van der Waals surface area contributed by atoms with Gasteiger partial charge in [-0.1, -0.05) is 36.4 Å². The number of aryl methyl sites for hydroxylation is 1. The van der Waals surface area contributed by atoms with Gasteiger partial charge in [0.15, 0.2) is 0 Å². The molecule has 0 aliphatic heterocycles. The van der Waals surface area contributed by atoms with Crippen LogP contribution in [0.25, 0.3) is 0 Å². The molecule has 70 valence electrons. The summed E-state index contributed by atoms with van der Waals surface area (Å²) in [6.45, 7) is 3.89. The lowest BCUT2D eigenvalue weighted by Gasteiger charge is -2.07. The molecule has 0 saturated carbocycles. The van der Waals surface area contributed by atoms with Crippen molar-refractivity contribution in [3.05, 3.63) is 48.6 Å². The third-order valence-electron chi connectivity index (χ3n) is 2.21. The van der Waals surface area contributed by atoms with Gasteiger partial charge < -0.3 is 5.11 Å². The third kappa shape index (κ3) is 3.43. The van der Waals surface area contributed by atoms with Crippen LogP contribution in [0.4, 0.5) is 0 Å². The Balaban J connectivity index is 2.38. The third-order valence-corrected chi connectivity index (χ3v) is 2.21. The Morgan fingerprint density at radius 1 is 1.31 bits per heavy atom. The van der Waals surface area contributed by atoms with E-state index in [9.17, 15) is 0 Å². The highest BCUT2D eigenvalue weighted by Crippen LogP contribution is 2.09. The molecule has 0 saturated heterocycles. The van der Waals surface area contributed by atoms with Crippen LogP contribution in [0.5, 0.6) is 0 Å². The lowest BCUT2D eigenvalue weighted by atomic mass is 10.0. The van der Waals surface area contributed by atoms with E-state index in [1.165, 1.54) is 5.56 Å². The number of benzene rings is 1. The maximum absolute atomic E-state index is 8.93. The summed E-state index contributed by atoms with van der Waals surface area (Å²) in [4.78, 5) is 0. The van der Waals surface area contributed by atoms with Crippen LogP contribution >= 0.6 is 0 Å². The summed E-state index contributed by atoms with van der Waals surface area (Å²) in [6.07, 6.45) is 3.81. The largest absolute Gasteiger partial charge is 0.396 e. The molecule has 0 amide bonds. The van der Waals surface area contributed by atoms with E-state index in [0.717, 1.165) is 12.8 Å². The van der Waals surface area contributed by atoms with Gasteiger partial charge in [-0.3, -0.25) is 0 Å². The molecule has 0 aliphatic carbocycles. The molecule has 1 atom stereocenters. The van der Waals surface area contributed by atoms with Crippen molar-refractivity contribution in [2.24, 2.45) is 5.92 Å². The lowest BCUT2D eigenvalue weighted by molar-refractivity contribution is 0.246. The molecule has 1 rings (SSSR count). The Morgan fingerprint density at radius 3 is 2.54 bits per heavy atom. The van der Waals surface area contributed by atoms with Gasteiger partial charge in [-0.15, -0.1) is 6.58 Å². The normalized spacial score (nSPS) is 12.4. The highest BCUT2D eigenvalue weighted by atomic mass is 16.3. The first-order valence-corrected chi connectivity index (χ1v) is 4.64. The predicted molar refractivity (Wildman–Crippen MR) is 55.5 cm³/mol. The van der Waals surface area contributed by atoms with Crippen molar-refractivity contribution in [1.29, 1.82) is 0 Å². The smallest absolute Gasteiger partial charge is 0.0493 e. The maximum atomic E-state index is 8.93. The maximum Gasteiger partial charge on any atom is 0.0493 e. The molecule has 1 nitrogen and oxygen atoms in total. The first-order chi connectivity index (χ1) is 6.36. The Kier molecular flexibility index (Phi) is 4.27. The van der Waals surface area contributed by atoms with Crippen LogP contribution in [0.15, 0.2) is 43.0 Å². The zero-order chi connectivity index (χ0) is 9.52. The fourth-order valence-corrected chi connectivity index (χ4v) is 1.28. The molecular weight excluding hydrogens is 160 g/mol. The molecule has 0 aliphatic rings. The zero-order valence-corrected chi connectivity index (χ0v) is 7.82. The average molecular weight is 176 g/mol. The van der Waals surface area contributed by atoms with Crippen LogP contribution in [0.2, 0.25) is 0 Å². The molecule has 1 aromatic rings. The molecule has 0 radical (unpaired) electrons. The molecule has 0 fully saturated rings. The van der Waals surface area contributed by atoms with Gasteiger partial charge in [0.05, 0.1) is 0 Å². The second kappa shape index (κ2) is 5.55. The van der Waals surface area contributed by atoms with Gasteiger partial charge in [0.1, 0.15) is 0 Å². The number of aliphatic hydroxyl groups excluding tert-OH is 1. The van der Waals surface area contributed by atoms with Crippen molar-refractivity contribution in [3.63, 3.8) is 0 Å². The second-order valence-corrected chi connectivity index (χ2v) is 3.20. The van der Waals surface area contributed by atoms with Gasteiger partial charge in [-0.05, 0) is 24.3 Å². The summed E-state index contributed by atoms with van der Waals surface area (Å²) < 4.78 is 0. The average Bonchev–Trinajstić information content (AvgIpc) is 2.21. The van der Waals surface area contributed by atoms with E-state index in [2.05, 4.69) is 18.7 Å². The Hall–Kier alpha value is -1.08. The fraction of sp³-hybridized carbons (Fsp3) is 0.333. The molecule has 1 N–H and O–H groups in total. The van der Waals surface area contributed by atoms with E-state index < -0.39 is 0 Å². The van der Waals surface area contributed by atoms with Gasteiger partial charge in [0.25, 0.3) is 0 Å². The summed E-state index contributed by atoms with van der Waals surface area (Å²) in [5.74, 6) is 0.236. The van der Waals surface area contributed by atoms with E-state index >= 15 is 0 Å². The van der Waals surface area contributed by atoms with Crippen molar-refractivity contribution < 1.29 is 5.11 Å². The summed E-state index contributed by atoms with van der Waals surface area (Å²) >= 11 is 0. The Morgan fingerprint density at radius 2 is 2.00 bits per heavy atom. The van der Waals surface area contributed by atoms with Gasteiger partial charge >= 0.3 is 0 Å². The van der Waals surface area contributed by atoms with Crippen molar-refractivity contribution >= 4 is 0 Å². The number of hydrogen-bond donors (Lipinski definition) is 1. The summed E-state index contributed by atoms with van der Waals surface area (Å²) in [5.41, 5.74) is 1.32. The molecular formula is C12H16O. The SMILES string of the molecule is C=C[C@H](CO)CCc1ccccc1. The second-order valence-electron chi connectivity index (χ2n) is 3.20. The predicted octanol–water partition coefficient (Wildman–Crippen LogP) is 2.41. The summed E-state index contributed by atoms with van der Waals surface area (Å²) in [5, 5.41) is 8.93. The summed E-state index contributed by atoms with van der Waals surface area (Å²) in [6, 6.07) is 10.3. The van der Waals surface area contributed by atoms with Crippen molar-refractivity contribution in [2.75, 3.05) is 6.61 Å². The van der Waals surface area contributed by atoms with Crippen LogP contribution < -0.4 is 0 Å². The van der Waals surface area contributed by atoms with Gasteiger partial charge in [0.2, 0.25) is 0 Å². The van der Waals surface area contributed by atoms with E-state index in [4.69, 9.17) is 5.11 Å². The quantitative estimate of drug-likeness (QED) is 0.683. The number of aliphatic hydroxyl groups is 1.